The fourth-order valence-electron chi connectivity index (χ4n) is 1.93. The molecule has 0 aliphatic rings. The number of hydrogen-bond acceptors (Lipinski definition) is 2. The smallest absolute Gasteiger partial charge is 0.132 e. The molecule has 1 rings (SSSR count). The zero-order valence-corrected chi connectivity index (χ0v) is 12.7. The molecule has 2 nitrogen and oxygen atoms in total. The second-order valence-electron chi connectivity index (χ2n) is 4.61. The molecule has 17 heavy (non-hydrogen) atoms. The van der Waals surface area contributed by atoms with Gasteiger partial charge >= 0.3 is 0 Å². The third kappa shape index (κ3) is 4.30. The number of unbranched alkanes of at least 4 members (excludes halogenated alkanes) is 2. The van der Waals surface area contributed by atoms with Crippen LogP contribution in [0.15, 0.2) is 18.3 Å². The van der Waals surface area contributed by atoms with E-state index in [0.717, 1.165) is 17.7 Å². The Morgan fingerprint density at radius 3 is 2.71 bits per heavy atom. The Bertz CT molecular complexity index is 326. The summed E-state index contributed by atoms with van der Waals surface area (Å²) in [5.41, 5.74) is 1.28. The molecule has 96 valence electrons. The average molecular weight is 299 g/mol. The minimum Gasteiger partial charge on any atom is -0.354 e. The van der Waals surface area contributed by atoms with Gasteiger partial charge in [0.1, 0.15) is 5.82 Å². The van der Waals surface area contributed by atoms with Crippen LogP contribution in [0.1, 0.15) is 45.6 Å². The van der Waals surface area contributed by atoms with E-state index in [-0.39, 0.29) is 0 Å². The molecular formula is C14H23BrN2. The predicted octanol–water partition coefficient (Wildman–Crippen LogP) is 4.38. The van der Waals surface area contributed by atoms with Crippen molar-refractivity contribution in [3.05, 3.63) is 23.9 Å². The Balaban J connectivity index is 2.81. The van der Waals surface area contributed by atoms with Crippen LogP contribution in [0.2, 0.25) is 0 Å². The molecule has 0 aliphatic carbocycles. The summed E-state index contributed by atoms with van der Waals surface area (Å²) in [5, 5.41) is 0.868. The fourth-order valence-corrected chi connectivity index (χ4v) is 2.37. The Morgan fingerprint density at radius 2 is 2.12 bits per heavy atom. The van der Waals surface area contributed by atoms with Crippen LogP contribution in [0, 0.1) is 0 Å². The van der Waals surface area contributed by atoms with E-state index >= 15 is 0 Å². The lowest BCUT2D eigenvalue weighted by Gasteiger charge is -2.29. The van der Waals surface area contributed by atoms with Crippen LogP contribution >= 0.6 is 15.9 Å². The summed E-state index contributed by atoms with van der Waals surface area (Å²) >= 11 is 3.54. The van der Waals surface area contributed by atoms with Gasteiger partial charge in [-0.1, -0.05) is 41.8 Å². The summed E-state index contributed by atoms with van der Waals surface area (Å²) in [6.45, 7) is 7.81. The molecule has 0 radical (unpaired) electrons. The van der Waals surface area contributed by atoms with Crippen LogP contribution in [0.4, 0.5) is 5.82 Å². The first-order valence-electron chi connectivity index (χ1n) is 6.47. The van der Waals surface area contributed by atoms with E-state index in [4.69, 9.17) is 0 Å². The number of pyridine rings is 1. The number of aromatic nitrogens is 1. The molecule has 1 heterocycles. The van der Waals surface area contributed by atoms with Crippen molar-refractivity contribution in [2.24, 2.45) is 0 Å². The summed E-state index contributed by atoms with van der Waals surface area (Å²) in [6, 6.07) is 4.65. The maximum Gasteiger partial charge on any atom is 0.132 e. The lowest BCUT2D eigenvalue weighted by Crippen LogP contribution is -2.33. The molecule has 0 fully saturated rings. The number of hydrogen-bond donors (Lipinski definition) is 0. The maximum absolute atomic E-state index is 4.55. The van der Waals surface area contributed by atoms with Crippen LogP contribution in [-0.2, 0) is 5.33 Å². The van der Waals surface area contributed by atoms with Gasteiger partial charge in [-0.3, -0.25) is 0 Å². The van der Waals surface area contributed by atoms with Crippen LogP contribution < -0.4 is 4.90 Å². The average Bonchev–Trinajstić information content (AvgIpc) is 2.34. The van der Waals surface area contributed by atoms with E-state index in [9.17, 15) is 0 Å². The second-order valence-corrected chi connectivity index (χ2v) is 5.17. The first-order chi connectivity index (χ1) is 8.20. The van der Waals surface area contributed by atoms with E-state index in [1.807, 2.05) is 12.3 Å². The van der Waals surface area contributed by atoms with Gasteiger partial charge in [0.05, 0.1) is 0 Å². The molecule has 0 spiro atoms. The lowest BCUT2D eigenvalue weighted by molar-refractivity contribution is 0.618. The van der Waals surface area contributed by atoms with Crippen molar-refractivity contribution in [2.45, 2.75) is 51.4 Å². The normalized spacial score (nSPS) is 10.9. The van der Waals surface area contributed by atoms with Crippen molar-refractivity contribution in [1.82, 2.24) is 4.98 Å². The molecule has 0 aromatic carbocycles. The van der Waals surface area contributed by atoms with Gasteiger partial charge in [-0.2, -0.15) is 0 Å². The number of alkyl halides is 1. The number of anilines is 1. The molecule has 0 saturated heterocycles. The van der Waals surface area contributed by atoms with E-state index < -0.39 is 0 Å². The largest absolute Gasteiger partial charge is 0.354 e. The minimum atomic E-state index is 0.500. The highest BCUT2D eigenvalue weighted by atomic mass is 79.9. The van der Waals surface area contributed by atoms with Gasteiger partial charge in [-0.25, -0.2) is 4.98 Å². The zero-order chi connectivity index (χ0) is 12.7. The first kappa shape index (κ1) is 14.5. The standard InChI is InChI=1S/C14H23BrN2/c1-4-5-6-10-17(12(2)3)14-13(11-15)8-7-9-16-14/h7-9,12H,4-6,10-11H2,1-3H3. The Kier molecular flexibility index (Phi) is 6.56. The second kappa shape index (κ2) is 7.70. The van der Waals surface area contributed by atoms with Crippen LogP contribution in [0.3, 0.4) is 0 Å². The van der Waals surface area contributed by atoms with E-state index in [1.54, 1.807) is 0 Å². The van der Waals surface area contributed by atoms with Gasteiger partial charge in [-0.15, -0.1) is 0 Å². The SMILES string of the molecule is CCCCCN(c1ncccc1CBr)C(C)C. The molecule has 0 unspecified atom stereocenters. The van der Waals surface area contributed by atoms with Crippen molar-refractivity contribution in [3.8, 4) is 0 Å². The number of rotatable bonds is 7. The van der Waals surface area contributed by atoms with Gasteiger partial charge < -0.3 is 4.90 Å². The number of halogens is 1. The summed E-state index contributed by atoms with van der Waals surface area (Å²) in [7, 11) is 0. The van der Waals surface area contributed by atoms with Crippen molar-refractivity contribution >= 4 is 21.7 Å². The van der Waals surface area contributed by atoms with E-state index in [1.165, 1.54) is 24.8 Å². The maximum atomic E-state index is 4.55. The molecule has 0 atom stereocenters. The Morgan fingerprint density at radius 1 is 1.35 bits per heavy atom. The molecule has 0 bridgehead atoms. The summed E-state index contributed by atoms with van der Waals surface area (Å²) in [4.78, 5) is 6.95. The highest BCUT2D eigenvalue weighted by Gasteiger charge is 2.14. The highest BCUT2D eigenvalue weighted by molar-refractivity contribution is 9.08. The van der Waals surface area contributed by atoms with Crippen LogP contribution in [0.25, 0.3) is 0 Å². The van der Waals surface area contributed by atoms with Crippen molar-refractivity contribution in [3.63, 3.8) is 0 Å². The van der Waals surface area contributed by atoms with Gasteiger partial charge in [0.15, 0.2) is 0 Å². The molecule has 0 amide bonds. The Labute approximate surface area is 114 Å². The van der Waals surface area contributed by atoms with Gasteiger partial charge in [0, 0.05) is 29.7 Å². The van der Waals surface area contributed by atoms with Gasteiger partial charge in [0.2, 0.25) is 0 Å². The van der Waals surface area contributed by atoms with Gasteiger partial charge in [0.25, 0.3) is 0 Å². The monoisotopic (exact) mass is 298 g/mol. The molecule has 1 aromatic rings. The van der Waals surface area contributed by atoms with Crippen molar-refractivity contribution in [2.75, 3.05) is 11.4 Å². The van der Waals surface area contributed by atoms with E-state index in [0.29, 0.717) is 6.04 Å². The first-order valence-corrected chi connectivity index (χ1v) is 7.59. The highest BCUT2D eigenvalue weighted by Crippen LogP contribution is 2.22. The quantitative estimate of drug-likeness (QED) is 0.548. The fraction of sp³-hybridized carbons (Fsp3) is 0.643. The van der Waals surface area contributed by atoms with Crippen LogP contribution in [-0.4, -0.2) is 17.6 Å². The Hall–Kier alpha value is -0.570. The summed E-state index contributed by atoms with van der Waals surface area (Å²) in [6.07, 6.45) is 5.68. The van der Waals surface area contributed by atoms with Gasteiger partial charge in [-0.05, 0) is 26.3 Å². The molecule has 0 aliphatic heterocycles. The minimum absolute atomic E-state index is 0.500. The van der Waals surface area contributed by atoms with Crippen LogP contribution in [0.5, 0.6) is 0 Å². The third-order valence-electron chi connectivity index (χ3n) is 2.91. The van der Waals surface area contributed by atoms with Crippen molar-refractivity contribution in [1.29, 1.82) is 0 Å². The van der Waals surface area contributed by atoms with Crippen molar-refractivity contribution < 1.29 is 0 Å². The zero-order valence-electron chi connectivity index (χ0n) is 11.1. The molecule has 0 saturated carbocycles. The number of nitrogens with zero attached hydrogens (tertiary/aromatic N) is 2. The summed E-state index contributed by atoms with van der Waals surface area (Å²) in [5.74, 6) is 1.13. The topological polar surface area (TPSA) is 16.1 Å². The summed E-state index contributed by atoms with van der Waals surface area (Å²) < 4.78 is 0. The molecule has 3 heteroatoms. The predicted molar refractivity (Wildman–Crippen MR) is 78.9 cm³/mol. The lowest BCUT2D eigenvalue weighted by atomic mass is 10.2. The third-order valence-corrected chi connectivity index (χ3v) is 3.51. The van der Waals surface area contributed by atoms with E-state index in [2.05, 4.69) is 52.7 Å². The molecule has 0 N–H and O–H groups in total. The molecule has 1 aromatic heterocycles. The molecular weight excluding hydrogens is 276 g/mol.